The van der Waals surface area contributed by atoms with Gasteiger partial charge in [0.25, 0.3) is 0 Å². The minimum absolute atomic E-state index is 0. The number of rotatable bonds is 0. The van der Waals surface area contributed by atoms with Crippen molar-refractivity contribution < 1.29 is 1.43 Å². The van der Waals surface area contributed by atoms with Crippen molar-refractivity contribution >= 4 is 0 Å². The summed E-state index contributed by atoms with van der Waals surface area (Å²) in [5.74, 6) is 0. The van der Waals surface area contributed by atoms with Crippen molar-refractivity contribution in [3.63, 3.8) is 0 Å². The van der Waals surface area contributed by atoms with Gasteiger partial charge in [-0.3, -0.25) is 0 Å². The van der Waals surface area contributed by atoms with Gasteiger partial charge in [0.15, 0.2) is 0 Å². The Morgan fingerprint density at radius 1 is 1.25 bits per heavy atom. The van der Waals surface area contributed by atoms with Gasteiger partial charge in [0.2, 0.25) is 0 Å². The molecule has 1 nitrogen and oxygen atoms in total. The van der Waals surface area contributed by atoms with Crippen LogP contribution in [0.1, 0.15) is 46.8 Å². The van der Waals surface area contributed by atoms with Crippen LogP contribution in [0.25, 0.3) is 0 Å². The molecule has 1 N–H and O–H groups in total. The van der Waals surface area contributed by atoms with Crippen LogP contribution < -0.4 is 0 Å². The predicted octanol–water partition coefficient (Wildman–Crippen LogP) is 4.32. The van der Waals surface area contributed by atoms with Gasteiger partial charge in [-0.05, 0) is 25.5 Å². The third-order valence-electron chi connectivity index (χ3n) is 0.972. The molecule has 0 saturated carbocycles. The maximum atomic E-state index is 3.07. The van der Waals surface area contributed by atoms with Gasteiger partial charge >= 0.3 is 0 Å². The second-order valence-corrected chi connectivity index (χ2v) is 2.57. The molecule has 0 spiro atoms. The second-order valence-electron chi connectivity index (χ2n) is 2.57. The molecule has 12 heavy (non-hydrogen) atoms. The van der Waals surface area contributed by atoms with E-state index in [9.17, 15) is 0 Å². The van der Waals surface area contributed by atoms with Crippen molar-refractivity contribution in [2.75, 3.05) is 0 Å². The van der Waals surface area contributed by atoms with Crippen LogP contribution in [0.4, 0.5) is 0 Å². The molecule has 1 heterocycles. The van der Waals surface area contributed by atoms with Gasteiger partial charge in [-0.1, -0.05) is 34.1 Å². The molecule has 0 amide bonds. The monoisotopic (exact) mass is 171 g/mol. The standard InChI is InChI=1S/C6H9N.C3H8.C2H6.H2/c1-5-3-6(2)7-4-5;1-3-2;1-2;/h3-4,7H,1-2H3;3H2,1-2H3;1-2H3;1H. The summed E-state index contributed by atoms with van der Waals surface area (Å²) in [5, 5.41) is 0. The van der Waals surface area contributed by atoms with E-state index in [0.717, 1.165) is 0 Å². The molecule has 1 rings (SSSR count). The largest absolute Gasteiger partial charge is 0.365 e. The Labute approximate surface area is 78.7 Å². The zero-order chi connectivity index (χ0) is 9.98. The Morgan fingerprint density at radius 2 is 1.67 bits per heavy atom. The lowest BCUT2D eigenvalue weighted by molar-refractivity contribution is 1.09. The smallest absolute Gasteiger partial charge is 0.0118 e. The fourth-order valence-corrected chi connectivity index (χ4v) is 0.653. The second kappa shape index (κ2) is 10.3. The van der Waals surface area contributed by atoms with E-state index in [1.807, 2.05) is 27.0 Å². The van der Waals surface area contributed by atoms with Crippen LogP contribution in [0.15, 0.2) is 12.3 Å². The number of hydrogen-bond acceptors (Lipinski definition) is 0. The molecule has 74 valence electrons. The molecule has 0 fully saturated rings. The van der Waals surface area contributed by atoms with E-state index >= 15 is 0 Å². The molecule has 0 aliphatic rings. The molecular weight excluding hydrogens is 146 g/mol. The third kappa shape index (κ3) is 9.28. The van der Waals surface area contributed by atoms with Crippen LogP contribution in [0.5, 0.6) is 0 Å². The molecule has 1 aromatic rings. The Bertz CT molecular complexity index is 154. The Balaban J connectivity index is -0.000000146. The summed E-state index contributed by atoms with van der Waals surface area (Å²) in [4.78, 5) is 3.07. The van der Waals surface area contributed by atoms with Gasteiger partial charge < -0.3 is 4.98 Å². The van der Waals surface area contributed by atoms with Crippen LogP contribution in [-0.4, -0.2) is 4.98 Å². The minimum Gasteiger partial charge on any atom is -0.365 e. The van der Waals surface area contributed by atoms with Gasteiger partial charge in [0.05, 0.1) is 0 Å². The van der Waals surface area contributed by atoms with Crippen LogP contribution >= 0.6 is 0 Å². The Morgan fingerprint density at radius 3 is 1.75 bits per heavy atom. The van der Waals surface area contributed by atoms with Crippen LogP contribution in [0.3, 0.4) is 0 Å². The highest BCUT2D eigenvalue weighted by Gasteiger charge is 1.82. The summed E-state index contributed by atoms with van der Waals surface area (Å²) in [6, 6.07) is 2.11. The molecule has 0 saturated heterocycles. The first-order chi connectivity index (χ1) is 5.70. The topological polar surface area (TPSA) is 15.8 Å². The summed E-state index contributed by atoms with van der Waals surface area (Å²) >= 11 is 0. The van der Waals surface area contributed by atoms with E-state index in [2.05, 4.69) is 31.8 Å². The molecule has 1 heteroatoms. The fourth-order valence-electron chi connectivity index (χ4n) is 0.653. The van der Waals surface area contributed by atoms with Gasteiger partial charge in [-0.2, -0.15) is 0 Å². The summed E-state index contributed by atoms with van der Waals surface area (Å²) in [6.45, 7) is 12.4. The summed E-state index contributed by atoms with van der Waals surface area (Å²) in [5.41, 5.74) is 2.54. The summed E-state index contributed by atoms with van der Waals surface area (Å²) in [6.07, 6.45) is 3.25. The lowest BCUT2D eigenvalue weighted by Crippen LogP contribution is -1.59. The zero-order valence-electron chi connectivity index (χ0n) is 9.36. The lowest BCUT2D eigenvalue weighted by atomic mass is 10.4. The van der Waals surface area contributed by atoms with Crippen molar-refractivity contribution in [3.05, 3.63) is 23.5 Å². The Hall–Kier alpha value is -0.720. The SMILES string of the molecule is CC.CCC.Cc1c[nH]c(C)c1.[HH]. The molecule has 0 aliphatic carbocycles. The highest BCUT2D eigenvalue weighted by atomic mass is 14.7. The highest BCUT2D eigenvalue weighted by molar-refractivity contribution is 5.12. The summed E-state index contributed by atoms with van der Waals surface area (Å²) in [7, 11) is 0. The minimum atomic E-state index is 0. The molecule has 0 bridgehead atoms. The van der Waals surface area contributed by atoms with E-state index in [-0.39, 0.29) is 1.43 Å². The van der Waals surface area contributed by atoms with Crippen molar-refractivity contribution in [2.45, 2.75) is 48.0 Å². The predicted molar refractivity (Wildman–Crippen MR) is 59.7 cm³/mol. The molecule has 0 atom stereocenters. The van der Waals surface area contributed by atoms with Crippen molar-refractivity contribution in [1.29, 1.82) is 0 Å². The van der Waals surface area contributed by atoms with Crippen molar-refractivity contribution in [2.24, 2.45) is 0 Å². The number of H-pyrrole nitrogens is 1. The highest BCUT2D eigenvalue weighted by Crippen LogP contribution is 1.97. The van der Waals surface area contributed by atoms with Crippen molar-refractivity contribution in [3.8, 4) is 0 Å². The molecule has 0 aromatic carbocycles. The van der Waals surface area contributed by atoms with Gasteiger partial charge in [0, 0.05) is 13.3 Å². The first-order valence-corrected chi connectivity index (χ1v) is 4.82. The lowest BCUT2D eigenvalue weighted by Gasteiger charge is -1.71. The van der Waals surface area contributed by atoms with Crippen LogP contribution in [-0.2, 0) is 0 Å². The number of aryl methyl sites for hydroxylation is 2. The number of aromatic amines is 1. The van der Waals surface area contributed by atoms with E-state index in [1.165, 1.54) is 17.7 Å². The van der Waals surface area contributed by atoms with Gasteiger partial charge in [-0.25, -0.2) is 0 Å². The molecule has 0 unspecified atom stereocenters. The van der Waals surface area contributed by atoms with Crippen LogP contribution in [0, 0.1) is 13.8 Å². The normalized spacial score (nSPS) is 7.50. The zero-order valence-corrected chi connectivity index (χ0v) is 9.36. The number of hydrogen-bond donors (Lipinski definition) is 1. The number of nitrogens with one attached hydrogen (secondary N) is 1. The van der Waals surface area contributed by atoms with Crippen LogP contribution in [0.2, 0.25) is 0 Å². The first-order valence-electron chi connectivity index (χ1n) is 4.82. The van der Waals surface area contributed by atoms with Gasteiger partial charge in [-0.15, -0.1) is 0 Å². The van der Waals surface area contributed by atoms with Crippen molar-refractivity contribution in [1.82, 2.24) is 4.98 Å². The quantitative estimate of drug-likeness (QED) is 0.598. The fraction of sp³-hybridized carbons (Fsp3) is 0.636. The van der Waals surface area contributed by atoms with E-state index < -0.39 is 0 Å². The number of aromatic nitrogens is 1. The maximum Gasteiger partial charge on any atom is 0.0118 e. The maximum absolute atomic E-state index is 3.07. The average Bonchev–Trinajstić information content (AvgIpc) is 2.40. The molecular formula is C11H25N. The Kier molecular flexibility index (Phi) is 11.9. The third-order valence-corrected chi connectivity index (χ3v) is 0.972. The summed E-state index contributed by atoms with van der Waals surface area (Å²) < 4.78 is 0. The average molecular weight is 171 g/mol. The van der Waals surface area contributed by atoms with E-state index in [0.29, 0.717) is 0 Å². The first kappa shape index (κ1) is 13.8. The molecule has 0 radical (unpaired) electrons. The molecule has 1 aromatic heterocycles. The van der Waals surface area contributed by atoms with E-state index in [4.69, 9.17) is 0 Å². The van der Waals surface area contributed by atoms with E-state index in [1.54, 1.807) is 0 Å². The molecule has 0 aliphatic heterocycles. The van der Waals surface area contributed by atoms with Gasteiger partial charge in [0.1, 0.15) is 0 Å².